The van der Waals surface area contributed by atoms with Crippen molar-refractivity contribution in [2.75, 3.05) is 19.8 Å². The van der Waals surface area contributed by atoms with E-state index >= 15 is 0 Å². The van der Waals surface area contributed by atoms with Crippen LogP contribution in [0.1, 0.15) is 77.6 Å². The molecule has 0 aromatic carbocycles. The lowest BCUT2D eigenvalue weighted by atomic mass is 9.65. The lowest BCUT2D eigenvalue weighted by molar-refractivity contribution is -0.214. The van der Waals surface area contributed by atoms with Crippen molar-refractivity contribution in [2.45, 2.75) is 101 Å². The molecular formula is C26H40N2O4. The molecule has 2 heterocycles. The van der Waals surface area contributed by atoms with Crippen LogP contribution in [0.4, 0.5) is 0 Å². The molecule has 6 heteroatoms. The molecule has 4 atom stereocenters. The normalized spacial score (nSPS) is 41.6. The highest BCUT2D eigenvalue weighted by Gasteiger charge is 2.52. The Hall–Kier alpha value is -1.14. The number of ether oxygens (including phenoxy) is 1. The van der Waals surface area contributed by atoms with Crippen LogP contribution in [0.3, 0.4) is 0 Å². The maximum Gasteiger partial charge on any atom is 0.226 e. The molecule has 0 aromatic rings. The van der Waals surface area contributed by atoms with E-state index in [4.69, 9.17) is 4.74 Å². The van der Waals surface area contributed by atoms with E-state index in [1.807, 2.05) is 0 Å². The molecule has 4 aliphatic carbocycles. The summed E-state index contributed by atoms with van der Waals surface area (Å²) in [5.74, 6) is 2.95. The van der Waals surface area contributed by atoms with Crippen molar-refractivity contribution >= 4 is 11.8 Å². The van der Waals surface area contributed by atoms with Gasteiger partial charge in [0.1, 0.15) is 5.60 Å². The summed E-state index contributed by atoms with van der Waals surface area (Å²) in [4.78, 5) is 30.9. The second-order valence-electron chi connectivity index (χ2n) is 12.0. The first-order chi connectivity index (χ1) is 15.4. The van der Waals surface area contributed by atoms with Crippen molar-refractivity contribution in [3.8, 4) is 0 Å². The van der Waals surface area contributed by atoms with Crippen LogP contribution in [-0.2, 0) is 14.3 Å². The van der Waals surface area contributed by atoms with Crippen LogP contribution < -0.4 is 0 Å². The van der Waals surface area contributed by atoms with Gasteiger partial charge in [0.25, 0.3) is 0 Å². The van der Waals surface area contributed by atoms with E-state index in [0.29, 0.717) is 42.8 Å². The second kappa shape index (κ2) is 7.97. The van der Waals surface area contributed by atoms with Gasteiger partial charge in [-0.15, -0.1) is 0 Å². The Balaban J connectivity index is 1.16. The van der Waals surface area contributed by atoms with Crippen LogP contribution >= 0.6 is 0 Å². The summed E-state index contributed by atoms with van der Waals surface area (Å²) in [6.45, 7) is 3.90. The zero-order chi connectivity index (χ0) is 22.0. The quantitative estimate of drug-likeness (QED) is 0.724. The van der Waals surface area contributed by atoms with Crippen LogP contribution in [0, 0.1) is 29.6 Å². The standard InChI is InChI=1S/C26H40N2O4/c1-16-13-27(24(29)18-2-3-18)23-12-20(8-11-22(23)28(16)25(30)19-4-5-19)17-6-9-21(10-7-17)26(31)14-32-15-26/h16-23,31H,2-15H2,1H3/t16-,17?,20?,21?,22?,23?/m0/s1. The van der Waals surface area contributed by atoms with Gasteiger partial charge in [0.05, 0.1) is 25.3 Å². The molecule has 2 saturated heterocycles. The molecule has 4 saturated carbocycles. The molecule has 0 radical (unpaired) electrons. The van der Waals surface area contributed by atoms with E-state index in [1.54, 1.807) is 0 Å². The Bertz CT molecular complexity index is 751. The number of piperazine rings is 1. The fraction of sp³-hybridized carbons (Fsp3) is 0.923. The summed E-state index contributed by atoms with van der Waals surface area (Å²) < 4.78 is 5.29. The molecule has 6 fully saturated rings. The molecule has 6 nitrogen and oxygen atoms in total. The van der Waals surface area contributed by atoms with Gasteiger partial charge in [-0.1, -0.05) is 0 Å². The van der Waals surface area contributed by atoms with Crippen molar-refractivity contribution in [3.05, 3.63) is 0 Å². The number of amides is 2. The van der Waals surface area contributed by atoms with E-state index < -0.39 is 5.60 Å². The Morgan fingerprint density at radius 1 is 0.812 bits per heavy atom. The molecule has 178 valence electrons. The van der Waals surface area contributed by atoms with E-state index in [0.717, 1.165) is 57.9 Å². The highest BCUT2D eigenvalue weighted by molar-refractivity contribution is 5.84. The van der Waals surface area contributed by atoms with Gasteiger partial charge >= 0.3 is 0 Å². The molecule has 3 unspecified atom stereocenters. The first-order valence-electron chi connectivity index (χ1n) is 13.4. The highest BCUT2D eigenvalue weighted by Crippen LogP contribution is 2.48. The van der Waals surface area contributed by atoms with Gasteiger partial charge in [0, 0.05) is 24.4 Å². The SMILES string of the molecule is C[C@H]1CN(C(=O)C2CC2)C2CC(C3CCC(C4(O)COC4)CC3)CCC2N1C(=O)C1CC1. The number of hydrogen-bond donors (Lipinski definition) is 1. The van der Waals surface area contributed by atoms with E-state index in [-0.39, 0.29) is 30.0 Å². The third kappa shape index (κ3) is 3.70. The van der Waals surface area contributed by atoms with Crippen molar-refractivity contribution < 1.29 is 19.4 Å². The lowest BCUT2D eigenvalue weighted by Gasteiger charge is -2.55. The van der Waals surface area contributed by atoms with Crippen molar-refractivity contribution in [3.63, 3.8) is 0 Å². The van der Waals surface area contributed by atoms with Crippen LogP contribution in [0.2, 0.25) is 0 Å². The molecule has 1 N–H and O–H groups in total. The Morgan fingerprint density at radius 3 is 2.03 bits per heavy atom. The number of rotatable bonds is 4. The summed E-state index contributed by atoms with van der Waals surface area (Å²) in [6, 6.07) is 0.571. The maximum atomic E-state index is 13.2. The van der Waals surface area contributed by atoms with Crippen molar-refractivity contribution in [1.29, 1.82) is 0 Å². The van der Waals surface area contributed by atoms with Crippen LogP contribution in [0.15, 0.2) is 0 Å². The number of nitrogens with zero attached hydrogens (tertiary/aromatic N) is 2. The van der Waals surface area contributed by atoms with Gasteiger partial charge in [-0.25, -0.2) is 0 Å². The van der Waals surface area contributed by atoms with Gasteiger partial charge in [-0.3, -0.25) is 9.59 Å². The van der Waals surface area contributed by atoms with Crippen molar-refractivity contribution in [2.24, 2.45) is 29.6 Å². The largest absolute Gasteiger partial charge is 0.385 e. The first kappa shape index (κ1) is 21.4. The summed E-state index contributed by atoms with van der Waals surface area (Å²) in [5, 5.41) is 10.7. The fourth-order valence-corrected chi connectivity index (χ4v) is 7.50. The van der Waals surface area contributed by atoms with Crippen LogP contribution in [0.25, 0.3) is 0 Å². The number of hydrogen-bond acceptors (Lipinski definition) is 4. The zero-order valence-electron chi connectivity index (χ0n) is 19.6. The smallest absolute Gasteiger partial charge is 0.226 e. The molecular weight excluding hydrogens is 404 g/mol. The molecule has 0 aromatic heterocycles. The summed E-state index contributed by atoms with van der Waals surface area (Å²) in [7, 11) is 0. The minimum absolute atomic E-state index is 0.143. The molecule has 2 amide bonds. The molecule has 2 aliphatic heterocycles. The Kier molecular flexibility index (Phi) is 5.33. The maximum absolute atomic E-state index is 13.2. The van der Waals surface area contributed by atoms with E-state index in [2.05, 4.69) is 16.7 Å². The third-order valence-corrected chi connectivity index (χ3v) is 9.81. The highest BCUT2D eigenvalue weighted by atomic mass is 16.5. The average Bonchev–Trinajstić information content (AvgIpc) is 3.69. The van der Waals surface area contributed by atoms with Gasteiger partial charge in [0.2, 0.25) is 11.8 Å². The third-order valence-electron chi connectivity index (χ3n) is 9.81. The van der Waals surface area contributed by atoms with Crippen molar-refractivity contribution in [1.82, 2.24) is 9.80 Å². The first-order valence-corrected chi connectivity index (χ1v) is 13.4. The number of carbonyl (C=O) groups excluding carboxylic acids is 2. The summed E-state index contributed by atoms with van der Waals surface area (Å²) >= 11 is 0. The van der Waals surface area contributed by atoms with Gasteiger partial charge in [0.15, 0.2) is 0 Å². The predicted octanol–water partition coefficient (Wildman–Crippen LogP) is 2.97. The van der Waals surface area contributed by atoms with Crippen LogP contribution in [-0.4, -0.2) is 70.2 Å². The number of carbonyl (C=O) groups is 2. The Morgan fingerprint density at radius 2 is 1.44 bits per heavy atom. The fourth-order valence-electron chi connectivity index (χ4n) is 7.50. The van der Waals surface area contributed by atoms with Gasteiger partial charge in [-0.05, 0) is 95.3 Å². The summed E-state index contributed by atoms with van der Waals surface area (Å²) in [5.41, 5.74) is -0.570. The minimum atomic E-state index is -0.570. The van der Waals surface area contributed by atoms with E-state index in [1.165, 1.54) is 19.3 Å². The zero-order valence-corrected chi connectivity index (χ0v) is 19.6. The van der Waals surface area contributed by atoms with Crippen LogP contribution in [0.5, 0.6) is 0 Å². The molecule has 0 spiro atoms. The summed E-state index contributed by atoms with van der Waals surface area (Å²) in [6.07, 6.45) is 12.1. The molecule has 0 bridgehead atoms. The molecule has 32 heavy (non-hydrogen) atoms. The molecule has 6 aliphatic rings. The van der Waals surface area contributed by atoms with Gasteiger partial charge < -0.3 is 19.6 Å². The van der Waals surface area contributed by atoms with E-state index in [9.17, 15) is 14.7 Å². The number of fused-ring (bicyclic) bond motifs is 1. The lowest BCUT2D eigenvalue weighted by Crippen LogP contribution is -2.67. The van der Waals surface area contributed by atoms with Gasteiger partial charge in [-0.2, -0.15) is 0 Å². The molecule has 6 rings (SSSR count). The second-order valence-corrected chi connectivity index (χ2v) is 12.0. The number of aliphatic hydroxyl groups is 1. The Labute approximate surface area is 192 Å². The topological polar surface area (TPSA) is 70.1 Å². The monoisotopic (exact) mass is 444 g/mol. The average molecular weight is 445 g/mol. The minimum Gasteiger partial charge on any atom is -0.385 e. The predicted molar refractivity (Wildman–Crippen MR) is 120 cm³/mol.